The second-order valence-corrected chi connectivity index (χ2v) is 4.93. The van der Waals surface area contributed by atoms with Crippen LogP contribution in [0.3, 0.4) is 0 Å². The van der Waals surface area contributed by atoms with Crippen LogP contribution in [0.25, 0.3) is 0 Å². The Labute approximate surface area is 113 Å². The molecule has 0 bridgehead atoms. The fourth-order valence-electron chi connectivity index (χ4n) is 2.67. The molecule has 0 saturated carbocycles. The van der Waals surface area contributed by atoms with E-state index in [0.29, 0.717) is 24.0 Å². The Balaban J connectivity index is 1.91. The molecule has 0 aromatic carbocycles. The molecule has 0 radical (unpaired) electrons. The minimum atomic E-state index is -1.40. The van der Waals surface area contributed by atoms with Gasteiger partial charge in [0.1, 0.15) is 12.1 Å². The van der Waals surface area contributed by atoms with E-state index in [1.165, 1.54) is 0 Å². The van der Waals surface area contributed by atoms with Gasteiger partial charge in [-0.1, -0.05) is 12.2 Å². The fraction of sp³-hybridized carbons (Fsp3) is 0.385. The maximum Gasteiger partial charge on any atom is 0.261 e. The largest absolute Gasteiger partial charge is 0.383 e. The zero-order valence-corrected chi connectivity index (χ0v) is 10.5. The topological polar surface area (TPSA) is 104 Å². The molecule has 1 aliphatic carbocycles. The number of hydrogen-bond acceptors (Lipinski definition) is 5. The minimum absolute atomic E-state index is 0.258. The van der Waals surface area contributed by atoms with Gasteiger partial charge in [0.2, 0.25) is 5.91 Å². The number of nitrogens with one attached hydrogen (secondary N) is 1. The van der Waals surface area contributed by atoms with E-state index in [0.717, 1.165) is 4.90 Å². The second kappa shape index (κ2) is 4.38. The van der Waals surface area contributed by atoms with Crippen LogP contribution in [0, 0.1) is 0 Å². The first-order valence-electron chi connectivity index (χ1n) is 6.31. The third-order valence-electron chi connectivity index (χ3n) is 3.71. The third-order valence-corrected chi connectivity index (χ3v) is 3.71. The van der Waals surface area contributed by atoms with Crippen molar-refractivity contribution in [3.05, 3.63) is 23.3 Å². The average Bonchev–Trinajstić information content (AvgIpc) is 2.68. The zero-order chi connectivity index (χ0) is 14.4. The van der Waals surface area contributed by atoms with Gasteiger partial charge in [0.25, 0.3) is 17.7 Å². The quantitative estimate of drug-likeness (QED) is 0.584. The summed E-state index contributed by atoms with van der Waals surface area (Å²) in [6.07, 6.45) is 2.86. The highest BCUT2D eigenvalue weighted by Gasteiger charge is 2.47. The number of imide groups is 2. The monoisotopic (exact) mass is 276 g/mol. The number of allylic oxidation sites excluding steroid dienone is 1. The number of aliphatic hydroxyl groups excluding tert-OH is 1. The number of nitrogens with zero attached hydrogens (tertiary/aromatic N) is 1. The number of carbonyl (C=O) groups excluding carboxylic acids is 4. The Morgan fingerprint density at radius 2 is 1.90 bits per heavy atom. The van der Waals surface area contributed by atoms with Crippen molar-refractivity contribution in [1.82, 2.24) is 10.2 Å². The van der Waals surface area contributed by atoms with E-state index in [4.69, 9.17) is 0 Å². The van der Waals surface area contributed by atoms with Crippen LogP contribution in [0.5, 0.6) is 0 Å². The Bertz CT molecular complexity index is 604. The van der Waals surface area contributed by atoms with Crippen molar-refractivity contribution in [2.75, 3.05) is 0 Å². The lowest BCUT2D eigenvalue weighted by atomic mass is 10.00. The molecule has 2 aliphatic heterocycles. The molecular formula is C13H12N2O5. The summed E-state index contributed by atoms with van der Waals surface area (Å²) in [4.78, 5) is 48.3. The van der Waals surface area contributed by atoms with Gasteiger partial charge in [0.15, 0.2) is 0 Å². The molecule has 2 N–H and O–H groups in total. The Kier molecular flexibility index (Phi) is 2.79. The van der Waals surface area contributed by atoms with Gasteiger partial charge in [-0.15, -0.1) is 0 Å². The van der Waals surface area contributed by atoms with Gasteiger partial charge in [-0.25, -0.2) is 0 Å². The van der Waals surface area contributed by atoms with Crippen molar-refractivity contribution in [1.29, 1.82) is 0 Å². The molecule has 7 nitrogen and oxygen atoms in total. The molecule has 7 heteroatoms. The van der Waals surface area contributed by atoms with Crippen LogP contribution in [-0.2, 0) is 19.2 Å². The molecular weight excluding hydrogens is 264 g/mol. The van der Waals surface area contributed by atoms with Crippen molar-refractivity contribution in [3.8, 4) is 0 Å². The predicted octanol–water partition coefficient (Wildman–Crippen LogP) is -1.22. The normalized spacial score (nSPS) is 29.9. The SMILES string of the molecule is O=C1NC(=O)C(N2C(=O)C3=C(CCC=C3)C2=O)CC1O. The molecule has 2 atom stereocenters. The third kappa shape index (κ3) is 1.70. The molecule has 0 spiro atoms. The van der Waals surface area contributed by atoms with E-state index >= 15 is 0 Å². The minimum Gasteiger partial charge on any atom is -0.383 e. The number of carbonyl (C=O) groups is 4. The lowest BCUT2D eigenvalue weighted by molar-refractivity contribution is -0.154. The van der Waals surface area contributed by atoms with Crippen LogP contribution < -0.4 is 5.32 Å². The van der Waals surface area contributed by atoms with Gasteiger partial charge >= 0.3 is 0 Å². The van der Waals surface area contributed by atoms with Crippen molar-refractivity contribution < 1.29 is 24.3 Å². The molecule has 1 fully saturated rings. The molecule has 1 saturated heterocycles. The summed E-state index contributed by atoms with van der Waals surface area (Å²) in [6.45, 7) is 0. The zero-order valence-electron chi connectivity index (χ0n) is 10.5. The average molecular weight is 276 g/mol. The van der Waals surface area contributed by atoms with Crippen molar-refractivity contribution in [2.45, 2.75) is 31.4 Å². The van der Waals surface area contributed by atoms with Crippen LogP contribution in [-0.4, -0.2) is 45.8 Å². The van der Waals surface area contributed by atoms with Crippen LogP contribution in [0.2, 0.25) is 0 Å². The van der Waals surface area contributed by atoms with Gasteiger partial charge < -0.3 is 5.11 Å². The predicted molar refractivity (Wildman–Crippen MR) is 64.8 cm³/mol. The molecule has 104 valence electrons. The van der Waals surface area contributed by atoms with E-state index in [1.54, 1.807) is 12.2 Å². The number of rotatable bonds is 1. The van der Waals surface area contributed by atoms with Crippen LogP contribution in [0.4, 0.5) is 0 Å². The first-order chi connectivity index (χ1) is 9.50. The summed E-state index contributed by atoms with van der Waals surface area (Å²) in [6, 6.07) is -1.14. The maximum absolute atomic E-state index is 12.2. The molecule has 2 unspecified atom stereocenters. The number of amides is 4. The van der Waals surface area contributed by atoms with Gasteiger partial charge in [-0.3, -0.25) is 29.4 Å². The van der Waals surface area contributed by atoms with E-state index in [-0.39, 0.29) is 6.42 Å². The second-order valence-electron chi connectivity index (χ2n) is 4.93. The number of hydrogen-bond donors (Lipinski definition) is 2. The lowest BCUT2D eigenvalue weighted by Gasteiger charge is -2.30. The highest BCUT2D eigenvalue weighted by Crippen LogP contribution is 2.31. The summed E-state index contributed by atoms with van der Waals surface area (Å²) >= 11 is 0. The number of piperidine rings is 1. The van der Waals surface area contributed by atoms with Gasteiger partial charge in [-0.2, -0.15) is 0 Å². The molecule has 3 rings (SSSR count). The van der Waals surface area contributed by atoms with E-state index in [2.05, 4.69) is 0 Å². The smallest absolute Gasteiger partial charge is 0.261 e. The molecule has 2 heterocycles. The highest BCUT2D eigenvalue weighted by molar-refractivity contribution is 6.23. The van der Waals surface area contributed by atoms with Gasteiger partial charge in [0.05, 0.1) is 0 Å². The van der Waals surface area contributed by atoms with Crippen LogP contribution in [0.15, 0.2) is 23.3 Å². The number of aliphatic hydroxyl groups is 1. The first-order valence-corrected chi connectivity index (χ1v) is 6.31. The summed E-state index contributed by atoms with van der Waals surface area (Å²) in [5.41, 5.74) is 0.706. The maximum atomic E-state index is 12.2. The first kappa shape index (κ1) is 12.7. The standard InChI is InChI=1S/C13H12N2O5/c16-9-5-8(10(17)14-11(9)18)15-12(19)6-3-1-2-4-7(6)13(15)20/h1,3,8-9,16H,2,4-5H2,(H,14,17,18). The lowest BCUT2D eigenvalue weighted by Crippen LogP contribution is -2.59. The molecule has 0 aromatic heterocycles. The molecule has 20 heavy (non-hydrogen) atoms. The molecule has 0 aromatic rings. The van der Waals surface area contributed by atoms with Crippen molar-refractivity contribution in [2.24, 2.45) is 0 Å². The van der Waals surface area contributed by atoms with E-state index in [1.807, 2.05) is 5.32 Å². The van der Waals surface area contributed by atoms with Crippen LogP contribution in [0.1, 0.15) is 19.3 Å². The van der Waals surface area contributed by atoms with Crippen molar-refractivity contribution >= 4 is 23.6 Å². The Hall–Kier alpha value is -2.28. The molecule has 3 aliphatic rings. The van der Waals surface area contributed by atoms with Crippen LogP contribution >= 0.6 is 0 Å². The van der Waals surface area contributed by atoms with Gasteiger partial charge in [0, 0.05) is 17.6 Å². The Morgan fingerprint density at radius 3 is 2.60 bits per heavy atom. The van der Waals surface area contributed by atoms with E-state index < -0.39 is 35.8 Å². The van der Waals surface area contributed by atoms with Crippen molar-refractivity contribution in [3.63, 3.8) is 0 Å². The molecule has 4 amide bonds. The van der Waals surface area contributed by atoms with Gasteiger partial charge in [-0.05, 0) is 12.8 Å². The Morgan fingerprint density at radius 1 is 1.15 bits per heavy atom. The fourth-order valence-corrected chi connectivity index (χ4v) is 2.67. The van der Waals surface area contributed by atoms with E-state index in [9.17, 15) is 24.3 Å². The summed E-state index contributed by atoms with van der Waals surface area (Å²) in [5, 5.41) is 11.5. The summed E-state index contributed by atoms with van der Waals surface area (Å²) in [7, 11) is 0. The summed E-state index contributed by atoms with van der Waals surface area (Å²) in [5.74, 6) is -2.58. The highest BCUT2D eigenvalue weighted by atomic mass is 16.3. The summed E-state index contributed by atoms with van der Waals surface area (Å²) < 4.78 is 0.